The fraction of sp³-hybridized carbons (Fsp3) is 0.286. The van der Waals surface area contributed by atoms with Crippen molar-refractivity contribution >= 4 is 27.6 Å². The maximum Gasteiger partial charge on any atom is 0.356 e. The van der Waals surface area contributed by atoms with Crippen molar-refractivity contribution < 1.29 is 9.90 Å². The fourth-order valence-electron chi connectivity index (χ4n) is 2.59. The van der Waals surface area contributed by atoms with Crippen LogP contribution < -0.4 is 4.90 Å². The van der Waals surface area contributed by atoms with Crippen LogP contribution in [-0.4, -0.2) is 27.2 Å². The van der Waals surface area contributed by atoms with Crippen LogP contribution in [-0.2, 0) is 13.1 Å². The molecular formula is C14H14BrN3O2. The van der Waals surface area contributed by atoms with Gasteiger partial charge in [0.25, 0.3) is 0 Å². The summed E-state index contributed by atoms with van der Waals surface area (Å²) in [5.74, 6) is -0.188. The molecule has 104 valence electrons. The van der Waals surface area contributed by atoms with Crippen LogP contribution in [0.25, 0.3) is 0 Å². The number of hydrogen-bond acceptors (Lipinski definition) is 3. The van der Waals surface area contributed by atoms with Crippen molar-refractivity contribution in [1.82, 2.24) is 9.55 Å². The normalized spacial score (nSPS) is 14.2. The number of aromatic nitrogens is 2. The first-order valence-electron chi connectivity index (χ1n) is 6.36. The lowest BCUT2D eigenvalue weighted by Gasteiger charge is -2.30. The number of benzene rings is 1. The molecular weight excluding hydrogens is 322 g/mol. The van der Waals surface area contributed by atoms with Gasteiger partial charge in [0.15, 0.2) is 5.69 Å². The SMILES string of the molecule is Cc1nc(C(=O)O)c2n1CCN(c1ccc(Br)cc1)C2. The summed E-state index contributed by atoms with van der Waals surface area (Å²) in [7, 11) is 0. The van der Waals surface area contributed by atoms with Gasteiger partial charge in [-0.25, -0.2) is 9.78 Å². The van der Waals surface area contributed by atoms with E-state index in [1.54, 1.807) is 0 Å². The predicted octanol–water partition coefficient (Wildman–Crippen LogP) is 2.67. The smallest absolute Gasteiger partial charge is 0.356 e. The van der Waals surface area contributed by atoms with Crippen LogP contribution in [0.4, 0.5) is 5.69 Å². The summed E-state index contributed by atoms with van der Waals surface area (Å²) >= 11 is 3.42. The van der Waals surface area contributed by atoms with Gasteiger partial charge in [0, 0.05) is 23.2 Å². The highest BCUT2D eigenvalue weighted by Gasteiger charge is 2.25. The fourth-order valence-corrected chi connectivity index (χ4v) is 2.86. The Bertz CT molecular complexity index is 664. The Kier molecular flexibility index (Phi) is 3.25. The topological polar surface area (TPSA) is 58.4 Å². The third-order valence-corrected chi connectivity index (χ3v) is 4.12. The second-order valence-electron chi connectivity index (χ2n) is 4.81. The molecule has 2 aromatic rings. The Balaban J connectivity index is 1.95. The molecule has 0 amide bonds. The van der Waals surface area contributed by atoms with E-state index in [1.165, 1.54) is 0 Å². The Labute approximate surface area is 125 Å². The van der Waals surface area contributed by atoms with E-state index in [-0.39, 0.29) is 5.69 Å². The molecule has 2 heterocycles. The van der Waals surface area contributed by atoms with Crippen molar-refractivity contribution in [2.45, 2.75) is 20.0 Å². The quantitative estimate of drug-likeness (QED) is 0.916. The summed E-state index contributed by atoms with van der Waals surface area (Å²) in [6.07, 6.45) is 0. The van der Waals surface area contributed by atoms with Crippen molar-refractivity contribution in [3.05, 3.63) is 46.0 Å². The van der Waals surface area contributed by atoms with Gasteiger partial charge < -0.3 is 14.6 Å². The standard InChI is InChI=1S/C14H14BrN3O2/c1-9-16-13(14(19)20)12-8-17(6-7-18(9)12)11-4-2-10(15)3-5-11/h2-5H,6-8H2,1H3,(H,19,20). The number of halogens is 1. The molecule has 0 atom stereocenters. The van der Waals surface area contributed by atoms with E-state index in [0.29, 0.717) is 6.54 Å². The second-order valence-corrected chi connectivity index (χ2v) is 5.72. The molecule has 3 rings (SSSR count). The largest absolute Gasteiger partial charge is 0.476 e. The van der Waals surface area contributed by atoms with Crippen molar-refractivity contribution in [2.24, 2.45) is 0 Å². The lowest BCUT2D eigenvalue weighted by molar-refractivity contribution is 0.0689. The number of nitrogens with zero attached hydrogens (tertiary/aromatic N) is 3. The van der Waals surface area contributed by atoms with E-state index in [9.17, 15) is 9.90 Å². The van der Waals surface area contributed by atoms with E-state index in [1.807, 2.05) is 35.8 Å². The van der Waals surface area contributed by atoms with Crippen LogP contribution in [0.2, 0.25) is 0 Å². The highest BCUT2D eigenvalue weighted by Crippen LogP contribution is 2.25. The summed E-state index contributed by atoms with van der Waals surface area (Å²) in [5.41, 5.74) is 2.04. The van der Waals surface area contributed by atoms with Gasteiger partial charge in [-0.05, 0) is 31.2 Å². The molecule has 0 saturated heterocycles. The van der Waals surface area contributed by atoms with Gasteiger partial charge in [-0.1, -0.05) is 15.9 Å². The van der Waals surface area contributed by atoms with Crippen LogP contribution >= 0.6 is 15.9 Å². The van der Waals surface area contributed by atoms with E-state index in [0.717, 1.165) is 34.8 Å². The van der Waals surface area contributed by atoms with Gasteiger partial charge in [-0.15, -0.1) is 0 Å². The summed E-state index contributed by atoms with van der Waals surface area (Å²) in [4.78, 5) is 17.6. The third kappa shape index (κ3) is 2.20. The molecule has 6 heteroatoms. The monoisotopic (exact) mass is 335 g/mol. The zero-order valence-electron chi connectivity index (χ0n) is 11.0. The van der Waals surface area contributed by atoms with E-state index < -0.39 is 5.97 Å². The molecule has 1 N–H and O–H groups in total. The van der Waals surface area contributed by atoms with Gasteiger partial charge >= 0.3 is 5.97 Å². The average molecular weight is 336 g/mol. The van der Waals surface area contributed by atoms with Crippen LogP contribution in [0.5, 0.6) is 0 Å². The van der Waals surface area contributed by atoms with Crippen LogP contribution in [0.15, 0.2) is 28.7 Å². The molecule has 1 aromatic heterocycles. The Hall–Kier alpha value is -1.82. The van der Waals surface area contributed by atoms with Gasteiger partial charge in [0.2, 0.25) is 0 Å². The number of carbonyl (C=O) groups is 1. The number of aromatic carboxylic acids is 1. The summed E-state index contributed by atoms with van der Waals surface area (Å²) in [5, 5.41) is 9.25. The highest BCUT2D eigenvalue weighted by atomic mass is 79.9. The molecule has 0 radical (unpaired) electrons. The first-order valence-corrected chi connectivity index (χ1v) is 7.15. The molecule has 0 unspecified atom stereocenters. The molecule has 1 aliphatic heterocycles. The number of imidazole rings is 1. The zero-order valence-corrected chi connectivity index (χ0v) is 12.6. The van der Waals surface area contributed by atoms with Crippen molar-refractivity contribution in [2.75, 3.05) is 11.4 Å². The van der Waals surface area contributed by atoms with Gasteiger partial charge in [-0.3, -0.25) is 0 Å². The minimum absolute atomic E-state index is 0.171. The molecule has 0 aliphatic carbocycles. The molecule has 1 aromatic carbocycles. The molecule has 0 fully saturated rings. The first-order chi connectivity index (χ1) is 9.56. The van der Waals surface area contributed by atoms with Crippen molar-refractivity contribution in [3.8, 4) is 0 Å². The number of hydrogen-bond donors (Lipinski definition) is 1. The van der Waals surface area contributed by atoms with Gasteiger partial charge in [-0.2, -0.15) is 0 Å². The van der Waals surface area contributed by atoms with Crippen molar-refractivity contribution in [1.29, 1.82) is 0 Å². The number of carboxylic acids is 1. The third-order valence-electron chi connectivity index (χ3n) is 3.59. The second kappa shape index (κ2) is 4.94. The first kappa shape index (κ1) is 13.2. The van der Waals surface area contributed by atoms with E-state index >= 15 is 0 Å². The number of aryl methyl sites for hydroxylation is 1. The summed E-state index contributed by atoms with van der Waals surface area (Å²) < 4.78 is 3.03. The van der Waals surface area contributed by atoms with Crippen LogP contribution in [0.3, 0.4) is 0 Å². The minimum atomic E-state index is -0.959. The lowest BCUT2D eigenvalue weighted by atomic mass is 10.2. The predicted molar refractivity (Wildman–Crippen MR) is 79.1 cm³/mol. The minimum Gasteiger partial charge on any atom is -0.476 e. The van der Waals surface area contributed by atoms with Crippen LogP contribution in [0.1, 0.15) is 22.0 Å². The number of rotatable bonds is 2. The van der Waals surface area contributed by atoms with E-state index in [4.69, 9.17) is 0 Å². The molecule has 20 heavy (non-hydrogen) atoms. The molecule has 1 aliphatic rings. The number of fused-ring (bicyclic) bond motifs is 1. The molecule has 0 spiro atoms. The van der Waals surface area contributed by atoms with E-state index in [2.05, 4.69) is 25.8 Å². The highest BCUT2D eigenvalue weighted by molar-refractivity contribution is 9.10. The Morgan fingerprint density at radius 3 is 2.65 bits per heavy atom. The molecule has 5 nitrogen and oxygen atoms in total. The summed E-state index contributed by atoms with van der Waals surface area (Å²) in [6, 6.07) is 8.04. The van der Waals surface area contributed by atoms with Gasteiger partial charge in [0.05, 0.1) is 12.2 Å². The van der Waals surface area contributed by atoms with Gasteiger partial charge in [0.1, 0.15) is 5.82 Å². The lowest BCUT2D eigenvalue weighted by Crippen LogP contribution is -2.34. The number of carboxylic acid groups (broad SMARTS) is 1. The maximum atomic E-state index is 11.3. The average Bonchev–Trinajstić information content (AvgIpc) is 2.77. The van der Waals surface area contributed by atoms with Crippen LogP contribution in [0, 0.1) is 6.92 Å². The molecule has 0 bridgehead atoms. The van der Waals surface area contributed by atoms with Crippen molar-refractivity contribution in [3.63, 3.8) is 0 Å². The number of anilines is 1. The molecule has 0 saturated carbocycles. The Morgan fingerprint density at radius 2 is 2.00 bits per heavy atom. The maximum absolute atomic E-state index is 11.3. The zero-order chi connectivity index (χ0) is 14.3. The Morgan fingerprint density at radius 1 is 1.30 bits per heavy atom. The summed E-state index contributed by atoms with van der Waals surface area (Å²) in [6.45, 7) is 4.04.